The van der Waals surface area contributed by atoms with E-state index in [2.05, 4.69) is 22.8 Å². The first-order valence-corrected chi connectivity index (χ1v) is 11.8. The number of nitrogens with zero attached hydrogens (tertiary/aromatic N) is 3. The molecular formula is C26H32FN3O2. The number of hydrogen-bond acceptors (Lipinski definition) is 4. The van der Waals surface area contributed by atoms with Gasteiger partial charge in [-0.05, 0) is 73.6 Å². The first-order valence-electron chi connectivity index (χ1n) is 11.8. The van der Waals surface area contributed by atoms with Gasteiger partial charge in [-0.3, -0.25) is 4.79 Å². The van der Waals surface area contributed by atoms with E-state index in [4.69, 9.17) is 4.74 Å². The van der Waals surface area contributed by atoms with E-state index in [0.717, 1.165) is 63.0 Å². The first kappa shape index (κ1) is 21.3. The summed E-state index contributed by atoms with van der Waals surface area (Å²) in [6.45, 7) is 6.48. The Morgan fingerprint density at radius 1 is 0.938 bits per heavy atom. The number of rotatable bonds is 4. The molecule has 32 heavy (non-hydrogen) atoms. The maximum Gasteiger partial charge on any atom is 0.258 e. The predicted molar refractivity (Wildman–Crippen MR) is 126 cm³/mol. The molecule has 5 rings (SSSR count). The van der Waals surface area contributed by atoms with Gasteiger partial charge in [0.1, 0.15) is 5.82 Å². The number of benzene rings is 2. The molecule has 1 unspecified atom stereocenters. The lowest BCUT2D eigenvalue weighted by atomic mass is 9.96. The van der Waals surface area contributed by atoms with Crippen LogP contribution in [0.1, 0.15) is 42.1 Å². The van der Waals surface area contributed by atoms with Gasteiger partial charge in [-0.25, -0.2) is 4.39 Å². The number of piperidine rings is 1. The fourth-order valence-corrected chi connectivity index (χ4v) is 5.34. The van der Waals surface area contributed by atoms with Gasteiger partial charge >= 0.3 is 0 Å². The molecule has 0 aromatic heterocycles. The van der Waals surface area contributed by atoms with Crippen LogP contribution in [0.5, 0.6) is 0 Å². The zero-order chi connectivity index (χ0) is 22.2. The van der Waals surface area contributed by atoms with Crippen LogP contribution in [0.3, 0.4) is 0 Å². The number of ether oxygens (including phenoxy) is 1. The molecule has 0 bridgehead atoms. The summed E-state index contributed by atoms with van der Waals surface area (Å²) in [7, 11) is 1.78. The molecule has 0 aliphatic carbocycles. The molecule has 170 valence electrons. The Balaban J connectivity index is 1.32. The topological polar surface area (TPSA) is 36.0 Å². The van der Waals surface area contributed by atoms with Crippen LogP contribution in [-0.2, 0) is 11.2 Å². The molecule has 5 nitrogen and oxygen atoms in total. The number of methoxy groups -OCH3 is 1. The summed E-state index contributed by atoms with van der Waals surface area (Å²) in [5, 5.41) is 0. The summed E-state index contributed by atoms with van der Waals surface area (Å²) in [6, 6.07) is 11.4. The van der Waals surface area contributed by atoms with Crippen LogP contribution in [0.2, 0.25) is 0 Å². The highest BCUT2D eigenvalue weighted by Gasteiger charge is 2.28. The zero-order valence-electron chi connectivity index (χ0n) is 19.0. The number of hydrogen-bond donors (Lipinski definition) is 0. The summed E-state index contributed by atoms with van der Waals surface area (Å²) in [5.41, 5.74) is 4.27. The van der Waals surface area contributed by atoms with Gasteiger partial charge in [-0.15, -0.1) is 0 Å². The second-order valence-electron chi connectivity index (χ2n) is 9.45. The smallest absolute Gasteiger partial charge is 0.258 e. The fraction of sp³-hybridized carbons (Fsp3) is 0.500. The van der Waals surface area contributed by atoms with Crippen LogP contribution in [0.15, 0.2) is 36.4 Å². The van der Waals surface area contributed by atoms with Crippen molar-refractivity contribution in [3.05, 3.63) is 53.3 Å². The molecule has 2 fully saturated rings. The minimum absolute atomic E-state index is 0.0437. The van der Waals surface area contributed by atoms with Gasteiger partial charge < -0.3 is 19.4 Å². The van der Waals surface area contributed by atoms with E-state index in [-0.39, 0.29) is 11.7 Å². The Morgan fingerprint density at radius 2 is 1.69 bits per heavy atom. The minimum Gasteiger partial charge on any atom is -0.381 e. The normalized spacial score (nSPS) is 21.9. The number of halogens is 1. The molecule has 2 saturated heterocycles. The molecule has 1 atom stereocenters. The van der Waals surface area contributed by atoms with Crippen molar-refractivity contribution in [2.24, 2.45) is 5.92 Å². The summed E-state index contributed by atoms with van der Waals surface area (Å²) in [6.07, 6.45) is 4.27. The van der Waals surface area contributed by atoms with E-state index in [1.807, 2.05) is 24.3 Å². The third-order valence-electron chi connectivity index (χ3n) is 7.32. The second-order valence-corrected chi connectivity index (χ2v) is 9.45. The molecule has 0 spiro atoms. The van der Waals surface area contributed by atoms with Crippen molar-refractivity contribution in [2.75, 3.05) is 54.5 Å². The molecular weight excluding hydrogens is 405 g/mol. The Bertz CT molecular complexity index is 1000. The van der Waals surface area contributed by atoms with E-state index in [1.165, 1.54) is 11.8 Å². The lowest BCUT2D eigenvalue weighted by Gasteiger charge is -2.34. The third-order valence-corrected chi connectivity index (χ3v) is 7.32. The van der Waals surface area contributed by atoms with Crippen LogP contribution >= 0.6 is 0 Å². The second kappa shape index (κ2) is 8.74. The maximum atomic E-state index is 14.9. The molecule has 0 N–H and O–H groups in total. The molecule has 1 amide bonds. The molecule has 2 aromatic carbocycles. The standard InChI is InChI=1S/C26H32FN3O2/c1-18-7-11-29(17-18)25-6-4-21(16-24(25)27)30-14-8-19-15-20(3-5-23(19)26(30)31)28-12-9-22(32-2)10-13-28/h3-6,15-16,18,22H,7-14,17H2,1-2H3. The van der Waals surface area contributed by atoms with Gasteiger partial charge in [0.2, 0.25) is 0 Å². The molecule has 0 radical (unpaired) electrons. The van der Waals surface area contributed by atoms with Gasteiger partial charge in [-0.1, -0.05) is 6.92 Å². The van der Waals surface area contributed by atoms with Gasteiger partial charge in [-0.2, -0.15) is 0 Å². The zero-order valence-corrected chi connectivity index (χ0v) is 19.0. The van der Waals surface area contributed by atoms with Crippen LogP contribution < -0.4 is 14.7 Å². The van der Waals surface area contributed by atoms with Crippen molar-refractivity contribution in [1.82, 2.24) is 0 Å². The quantitative estimate of drug-likeness (QED) is 0.706. The molecule has 3 aliphatic heterocycles. The van der Waals surface area contributed by atoms with E-state index in [9.17, 15) is 9.18 Å². The minimum atomic E-state index is -0.245. The van der Waals surface area contributed by atoms with E-state index >= 15 is 0 Å². The van der Waals surface area contributed by atoms with Crippen molar-refractivity contribution < 1.29 is 13.9 Å². The van der Waals surface area contributed by atoms with Crippen molar-refractivity contribution in [2.45, 2.75) is 38.7 Å². The number of carbonyl (C=O) groups excluding carboxylic acids is 1. The highest BCUT2D eigenvalue weighted by molar-refractivity contribution is 6.08. The molecule has 0 saturated carbocycles. The van der Waals surface area contributed by atoms with Crippen molar-refractivity contribution in [3.8, 4) is 0 Å². The van der Waals surface area contributed by atoms with Crippen LogP contribution in [-0.4, -0.2) is 51.8 Å². The average molecular weight is 438 g/mol. The van der Waals surface area contributed by atoms with Gasteiger partial charge in [0.15, 0.2) is 0 Å². The first-order chi connectivity index (χ1) is 15.5. The summed E-state index contributed by atoms with van der Waals surface area (Å²) >= 11 is 0. The Labute approximate surface area is 189 Å². The Hall–Kier alpha value is -2.60. The van der Waals surface area contributed by atoms with E-state index in [1.54, 1.807) is 12.0 Å². The number of amides is 1. The maximum absolute atomic E-state index is 14.9. The summed E-state index contributed by atoms with van der Waals surface area (Å²) < 4.78 is 20.4. The molecule has 6 heteroatoms. The summed E-state index contributed by atoms with van der Waals surface area (Å²) in [5.74, 6) is 0.299. The fourth-order valence-electron chi connectivity index (χ4n) is 5.34. The predicted octanol–water partition coefficient (Wildman–Crippen LogP) is 4.49. The third kappa shape index (κ3) is 3.96. The van der Waals surface area contributed by atoms with Crippen LogP contribution in [0.25, 0.3) is 0 Å². The highest BCUT2D eigenvalue weighted by atomic mass is 19.1. The Kier molecular flexibility index (Phi) is 5.80. The Morgan fingerprint density at radius 3 is 2.38 bits per heavy atom. The molecule has 3 aliphatic rings. The largest absolute Gasteiger partial charge is 0.381 e. The van der Waals surface area contributed by atoms with Crippen molar-refractivity contribution >= 4 is 23.0 Å². The van der Waals surface area contributed by atoms with Gasteiger partial charge in [0.25, 0.3) is 5.91 Å². The SMILES string of the molecule is COC1CCN(c2ccc3c(c2)CCN(c2ccc(N4CCC(C)C4)c(F)c2)C3=O)CC1. The lowest BCUT2D eigenvalue weighted by molar-refractivity contribution is 0.0819. The number of fused-ring (bicyclic) bond motifs is 1. The lowest BCUT2D eigenvalue weighted by Crippen LogP contribution is -2.39. The number of anilines is 3. The van der Waals surface area contributed by atoms with Crippen LogP contribution in [0, 0.1) is 11.7 Å². The van der Waals surface area contributed by atoms with Crippen molar-refractivity contribution in [1.29, 1.82) is 0 Å². The van der Waals surface area contributed by atoms with E-state index in [0.29, 0.717) is 29.9 Å². The molecule has 3 heterocycles. The monoisotopic (exact) mass is 437 g/mol. The van der Waals surface area contributed by atoms with Gasteiger partial charge in [0.05, 0.1) is 11.8 Å². The van der Waals surface area contributed by atoms with Crippen LogP contribution in [0.4, 0.5) is 21.5 Å². The van der Waals surface area contributed by atoms with Crippen molar-refractivity contribution in [3.63, 3.8) is 0 Å². The van der Waals surface area contributed by atoms with Gasteiger partial charge in [0, 0.05) is 56.8 Å². The number of carbonyl (C=O) groups is 1. The summed E-state index contributed by atoms with van der Waals surface area (Å²) in [4.78, 5) is 19.4. The molecule has 2 aromatic rings. The average Bonchev–Trinajstić information content (AvgIpc) is 3.25. The van der Waals surface area contributed by atoms with E-state index < -0.39 is 0 Å². The highest BCUT2D eigenvalue weighted by Crippen LogP contribution is 2.33.